The van der Waals surface area contributed by atoms with Crippen molar-refractivity contribution in [3.8, 4) is 11.5 Å². The molecule has 3 aromatic rings. The van der Waals surface area contributed by atoms with Gasteiger partial charge in [-0.1, -0.05) is 72.8 Å². The molecule has 0 fully saturated rings. The number of aromatic hydroxyl groups is 2. The summed E-state index contributed by atoms with van der Waals surface area (Å²) in [5.41, 5.74) is 0.473. The summed E-state index contributed by atoms with van der Waals surface area (Å²) in [5, 5.41) is 21.2. The maximum absolute atomic E-state index is 13.9. The molecular weight excluding hydrogens is 307 g/mol. The van der Waals surface area contributed by atoms with Crippen LogP contribution in [0.4, 0.5) is 0 Å². The number of phenols is 2. The fourth-order valence-corrected chi connectivity index (χ4v) is 5.32. The Hall–Kier alpha value is -2.51. The quantitative estimate of drug-likeness (QED) is 0.569. The van der Waals surface area contributed by atoms with Crippen molar-refractivity contribution in [3.63, 3.8) is 0 Å². The second-order valence-electron chi connectivity index (χ2n) is 5.35. The fraction of sp³-hybridized carbons (Fsp3) is 0.0526. The Morgan fingerprint density at radius 1 is 0.696 bits per heavy atom. The summed E-state index contributed by atoms with van der Waals surface area (Å²) >= 11 is 0. The van der Waals surface area contributed by atoms with Crippen molar-refractivity contribution in [1.29, 1.82) is 0 Å². The molecule has 0 aliphatic carbocycles. The second kappa shape index (κ2) is 6.31. The van der Waals surface area contributed by atoms with E-state index in [1.165, 1.54) is 6.07 Å². The average molecular weight is 324 g/mol. The smallest absolute Gasteiger partial charge is 0.161 e. The second-order valence-corrected chi connectivity index (χ2v) is 8.18. The third kappa shape index (κ3) is 3.01. The normalized spacial score (nSPS) is 11.3. The number of phenolic OH excluding ortho intramolecular Hbond substituents is 2. The molecule has 0 saturated carbocycles. The standard InChI is InChI=1S/C19H17O3P/c20-18-13-7-8-15(19(18)21)14-23(22,16-9-3-1-4-10-16)17-11-5-2-6-12-17/h1-13,20-21H,14H2. The predicted molar refractivity (Wildman–Crippen MR) is 93.2 cm³/mol. The highest BCUT2D eigenvalue weighted by molar-refractivity contribution is 7.78. The molecule has 0 unspecified atom stereocenters. The van der Waals surface area contributed by atoms with Crippen molar-refractivity contribution in [2.75, 3.05) is 0 Å². The van der Waals surface area contributed by atoms with E-state index >= 15 is 0 Å². The molecule has 0 amide bonds. The van der Waals surface area contributed by atoms with E-state index in [2.05, 4.69) is 0 Å². The van der Waals surface area contributed by atoms with Gasteiger partial charge in [0, 0.05) is 22.3 Å². The fourth-order valence-electron chi connectivity index (χ4n) is 2.61. The molecule has 3 aromatic carbocycles. The van der Waals surface area contributed by atoms with Crippen LogP contribution in [0.5, 0.6) is 11.5 Å². The predicted octanol–water partition coefficient (Wildman–Crippen LogP) is 3.61. The summed E-state index contributed by atoms with van der Waals surface area (Å²) in [5.74, 6) is -0.408. The van der Waals surface area contributed by atoms with Crippen LogP contribution in [0.25, 0.3) is 0 Å². The van der Waals surface area contributed by atoms with Gasteiger partial charge in [0.1, 0.15) is 7.14 Å². The molecule has 23 heavy (non-hydrogen) atoms. The minimum absolute atomic E-state index is 0.154. The van der Waals surface area contributed by atoms with E-state index in [1.54, 1.807) is 12.1 Å². The molecule has 0 atom stereocenters. The van der Waals surface area contributed by atoms with E-state index in [4.69, 9.17) is 0 Å². The molecule has 3 rings (SSSR count). The molecule has 0 radical (unpaired) electrons. The van der Waals surface area contributed by atoms with E-state index in [1.807, 2.05) is 60.7 Å². The topological polar surface area (TPSA) is 57.5 Å². The number of rotatable bonds is 4. The highest BCUT2D eigenvalue weighted by atomic mass is 31.2. The number of hydrogen-bond acceptors (Lipinski definition) is 3. The number of hydrogen-bond donors (Lipinski definition) is 2. The van der Waals surface area contributed by atoms with E-state index < -0.39 is 7.14 Å². The maximum Gasteiger partial charge on any atom is 0.161 e. The first-order valence-electron chi connectivity index (χ1n) is 7.31. The van der Waals surface area contributed by atoms with Crippen molar-refractivity contribution < 1.29 is 14.8 Å². The van der Waals surface area contributed by atoms with Crippen LogP contribution in [0.3, 0.4) is 0 Å². The van der Waals surface area contributed by atoms with Gasteiger partial charge in [-0.3, -0.25) is 0 Å². The minimum Gasteiger partial charge on any atom is -0.504 e. The summed E-state index contributed by atoms with van der Waals surface area (Å²) in [7, 11) is -2.96. The largest absolute Gasteiger partial charge is 0.504 e. The zero-order chi connectivity index (χ0) is 16.3. The van der Waals surface area contributed by atoms with Gasteiger partial charge in [-0.15, -0.1) is 0 Å². The van der Waals surface area contributed by atoms with Gasteiger partial charge in [0.2, 0.25) is 0 Å². The van der Waals surface area contributed by atoms with Crippen LogP contribution < -0.4 is 10.6 Å². The van der Waals surface area contributed by atoms with Gasteiger partial charge in [-0.05, 0) is 6.07 Å². The molecule has 116 valence electrons. The molecule has 3 nitrogen and oxygen atoms in total. The zero-order valence-corrected chi connectivity index (χ0v) is 13.4. The molecule has 0 bridgehead atoms. The lowest BCUT2D eigenvalue weighted by molar-refractivity contribution is 0.400. The highest BCUT2D eigenvalue weighted by Gasteiger charge is 2.28. The molecule has 0 aliphatic heterocycles. The Morgan fingerprint density at radius 3 is 1.74 bits per heavy atom. The lowest BCUT2D eigenvalue weighted by Gasteiger charge is -2.20. The molecule has 0 spiro atoms. The SMILES string of the molecule is O=P(Cc1cccc(O)c1O)(c1ccccc1)c1ccccc1. The van der Waals surface area contributed by atoms with Crippen molar-refractivity contribution >= 4 is 17.8 Å². The van der Waals surface area contributed by atoms with Crippen molar-refractivity contribution in [2.45, 2.75) is 6.16 Å². The van der Waals surface area contributed by atoms with Crippen LogP contribution in [0.1, 0.15) is 5.56 Å². The van der Waals surface area contributed by atoms with Crippen molar-refractivity contribution in [2.24, 2.45) is 0 Å². The summed E-state index contributed by atoms with van der Waals surface area (Å²) < 4.78 is 13.9. The van der Waals surface area contributed by atoms with E-state index in [-0.39, 0.29) is 17.7 Å². The molecule has 2 N–H and O–H groups in total. The first-order valence-corrected chi connectivity index (χ1v) is 9.20. The monoisotopic (exact) mass is 324 g/mol. The average Bonchev–Trinajstić information content (AvgIpc) is 2.60. The van der Waals surface area contributed by atoms with Gasteiger partial charge in [-0.25, -0.2) is 0 Å². The van der Waals surface area contributed by atoms with Gasteiger partial charge < -0.3 is 14.8 Å². The zero-order valence-electron chi connectivity index (χ0n) is 12.5. The number of para-hydroxylation sites is 1. The lowest BCUT2D eigenvalue weighted by atomic mass is 10.2. The Kier molecular flexibility index (Phi) is 4.22. The highest BCUT2D eigenvalue weighted by Crippen LogP contribution is 2.49. The Balaban J connectivity index is 2.14. The van der Waals surface area contributed by atoms with Crippen LogP contribution >= 0.6 is 7.14 Å². The third-order valence-corrected chi connectivity index (χ3v) is 6.89. The maximum atomic E-state index is 13.9. The summed E-state index contributed by atoms with van der Waals surface area (Å²) in [6.45, 7) is 0. The molecule has 0 aromatic heterocycles. The first-order chi connectivity index (χ1) is 11.1. The Labute approximate surface area is 135 Å². The van der Waals surface area contributed by atoms with Crippen LogP contribution in [-0.2, 0) is 10.7 Å². The Bertz CT molecular complexity index is 802. The summed E-state index contributed by atoms with van der Waals surface area (Å²) in [4.78, 5) is 0. The van der Waals surface area contributed by atoms with Crippen LogP contribution in [0, 0.1) is 0 Å². The third-order valence-electron chi connectivity index (χ3n) is 3.84. The van der Waals surface area contributed by atoms with Crippen molar-refractivity contribution in [3.05, 3.63) is 84.4 Å². The van der Waals surface area contributed by atoms with Gasteiger partial charge in [-0.2, -0.15) is 0 Å². The van der Waals surface area contributed by atoms with Gasteiger partial charge >= 0.3 is 0 Å². The van der Waals surface area contributed by atoms with E-state index in [0.29, 0.717) is 5.56 Å². The number of benzene rings is 3. The van der Waals surface area contributed by atoms with Crippen LogP contribution in [0.2, 0.25) is 0 Å². The molecule has 0 aliphatic rings. The Morgan fingerprint density at radius 2 is 1.22 bits per heavy atom. The van der Waals surface area contributed by atoms with Crippen LogP contribution in [-0.4, -0.2) is 10.2 Å². The molecule has 0 saturated heterocycles. The van der Waals surface area contributed by atoms with E-state index in [0.717, 1.165) is 10.6 Å². The van der Waals surface area contributed by atoms with Crippen LogP contribution in [0.15, 0.2) is 78.9 Å². The van der Waals surface area contributed by atoms with Gasteiger partial charge in [0.05, 0.1) is 0 Å². The van der Waals surface area contributed by atoms with E-state index in [9.17, 15) is 14.8 Å². The van der Waals surface area contributed by atoms with Gasteiger partial charge in [0.25, 0.3) is 0 Å². The molecular formula is C19H17O3P. The lowest BCUT2D eigenvalue weighted by Crippen LogP contribution is -2.17. The molecule has 4 heteroatoms. The molecule has 0 heterocycles. The first kappa shape index (κ1) is 15.4. The van der Waals surface area contributed by atoms with Gasteiger partial charge in [0.15, 0.2) is 11.5 Å². The van der Waals surface area contributed by atoms with Crippen molar-refractivity contribution in [1.82, 2.24) is 0 Å². The minimum atomic E-state index is -2.96. The summed E-state index contributed by atoms with van der Waals surface area (Å²) in [6, 6.07) is 23.3. The summed E-state index contributed by atoms with van der Waals surface area (Å²) in [6.07, 6.45) is 0.154.